The molecule has 2 aliphatic carbocycles. The van der Waals surface area contributed by atoms with Gasteiger partial charge in [-0.1, -0.05) is 72.6 Å². The molecule has 39 heavy (non-hydrogen) atoms. The van der Waals surface area contributed by atoms with E-state index in [0.717, 1.165) is 11.3 Å². The molecule has 0 unspecified atom stereocenters. The summed E-state index contributed by atoms with van der Waals surface area (Å²) in [4.78, 5) is 0. The number of ether oxygens (including phenoxy) is 1. The van der Waals surface area contributed by atoms with E-state index in [0.29, 0.717) is 17.8 Å². The van der Waals surface area contributed by atoms with Crippen LogP contribution in [0.3, 0.4) is 0 Å². The van der Waals surface area contributed by atoms with Gasteiger partial charge in [0.2, 0.25) is 0 Å². The summed E-state index contributed by atoms with van der Waals surface area (Å²) in [6, 6.07) is 9.76. The summed E-state index contributed by atoms with van der Waals surface area (Å²) < 4.78 is 6.31. The van der Waals surface area contributed by atoms with Crippen molar-refractivity contribution in [3.63, 3.8) is 0 Å². The molecule has 222 valence electrons. The molecule has 0 atom stereocenters. The van der Waals surface area contributed by atoms with Gasteiger partial charge in [-0.2, -0.15) is 0 Å². The molecule has 1 nitrogen and oxygen atoms in total. The van der Waals surface area contributed by atoms with Crippen molar-refractivity contribution in [2.75, 3.05) is 7.11 Å². The van der Waals surface area contributed by atoms with Crippen molar-refractivity contribution in [1.82, 2.24) is 0 Å². The minimum Gasteiger partial charge on any atom is -0.493 e. The summed E-state index contributed by atoms with van der Waals surface area (Å²) in [7, 11) is 1.13. The molecule has 0 N–H and O–H groups in total. The summed E-state index contributed by atoms with van der Waals surface area (Å²) in [5.74, 6) is 2.70. The Kier molecular flexibility index (Phi) is 13.8. The molecule has 0 aromatic heterocycles. The van der Waals surface area contributed by atoms with Crippen molar-refractivity contribution < 1.29 is 25.2 Å². The predicted octanol–water partition coefficient (Wildman–Crippen LogP) is 11.0. The van der Waals surface area contributed by atoms with Crippen LogP contribution in [-0.2, 0) is 20.4 Å². The number of methoxy groups -OCH3 is 1. The Hall–Kier alpha value is -0.668. The van der Waals surface area contributed by atoms with Gasteiger partial charge in [0.15, 0.2) is 5.75 Å². The molecule has 2 aromatic rings. The van der Waals surface area contributed by atoms with E-state index < -0.39 is 7.92 Å². The first-order valence-corrected chi connectivity index (χ1v) is 17.1. The summed E-state index contributed by atoms with van der Waals surface area (Å²) in [5.41, 5.74) is 10.9. The van der Waals surface area contributed by atoms with E-state index in [1.165, 1.54) is 81.1 Å². The molecule has 0 spiro atoms. The van der Waals surface area contributed by atoms with Crippen LogP contribution < -0.4 is 10.0 Å². The molecule has 2 fully saturated rings. The van der Waals surface area contributed by atoms with E-state index in [2.05, 4.69) is 72.7 Å². The molecule has 0 aliphatic heterocycles. The topological polar surface area (TPSA) is 9.23 Å². The molecule has 3 heteroatoms. The zero-order chi connectivity index (χ0) is 26.7. The van der Waals surface area contributed by atoms with Gasteiger partial charge in [-0.05, 0) is 110 Å². The Morgan fingerprint density at radius 2 is 1.15 bits per heavy atom. The third-order valence-corrected chi connectivity index (χ3v) is 13.3. The van der Waals surface area contributed by atoms with Crippen LogP contribution in [0.4, 0.5) is 0 Å². The van der Waals surface area contributed by atoms with E-state index in [4.69, 9.17) is 4.74 Å². The van der Waals surface area contributed by atoms with Crippen LogP contribution in [0, 0.1) is 14.4 Å². The summed E-state index contributed by atoms with van der Waals surface area (Å²) >= 11 is 0. The van der Waals surface area contributed by atoms with Gasteiger partial charge in [0.05, 0.1) is 18.4 Å². The average molecular weight is 643 g/mol. The largest absolute Gasteiger partial charge is 0.493 e. The van der Waals surface area contributed by atoms with Gasteiger partial charge in [0, 0.05) is 33.9 Å². The van der Waals surface area contributed by atoms with E-state index in [9.17, 15) is 0 Å². The maximum atomic E-state index is 6.31. The summed E-state index contributed by atoms with van der Waals surface area (Å²) in [6.45, 7) is 16.7. The number of rotatable bonds is 8. The average Bonchev–Trinajstić information content (AvgIpc) is 2.89. The second-order valence-corrected chi connectivity index (χ2v) is 16.0. The fourth-order valence-corrected chi connectivity index (χ4v) is 11.9. The maximum absolute atomic E-state index is 6.31. The Labute approximate surface area is 257 Å². The fraction of sp³-hybridized carbons (Fsp3) is 0.639. The van der Waals surface area contributed by atoms with E-state index in [1.54, 1.807) is 27.6 Å². The Morgan fingerprint density at radius 1 is 0.692 bits per heavy atom. The van der Waals surface area contributed by atoms with Crippen molar-refractivity contribution in [3.8, 4) is 16.9 Å². The fourth-order valence-electron chi connectivity index (χ4n) is 7.28. The van der Waals surface area contributed by atoms with Crippen molar-refractivity contribution >= 4 is 13.2 Å². The Morgan fingerprint density at radius 3 is 1.54 bits per heavy atom. The molecule has 4 rings (SSSR count). The Bertz CT molecular complexity index is 997. The second-order valence-electron chi connectivity index (χ2n) is 13.0. The molecular formula is C36H57OPPd. The molecule has 0 heterocycles. The first-order chi connectivity index (χ1) is 17.7. The van der Waals surface area contributed by atoms with Gasteiger partial charge in [0.1, 0.15) is 5.30 Å². The smallest absolute Gasteiger partial charge is 0.161 e. The van der Waals surface area contributed by atoms with Gasteiger partial charge in [-0.3, -0.25) is 0 Å². The quantitative estimate of drug-likeness (QED) is 0.158. The Balaban J connectivity index is 0.00000267. The van der Waals surface area contributed by atoms with Gasteiger partial charge in [-0.25, -0.2) is 0 Å². The summed E-state index contributed by atoms with van der Waals surface area (Å²) in [6.07, 6.45) is 14.3. The molecule has 0 radical (unpaired) electrons. The normalized spacial score (nSPS) is 17.0. The van der Waals surface area contributed by atoms with E-state index in [-0.39, 0.29) is 27.8 Å². The van der Waals surface area contributed by atoms with Crippen molar-refractivity contribution in [1.29, 1.82) is 0 Å². The van der Waals surface area contributed by atoms with Crippen LogP contribution in [0.2, 0.25) is 0 Å². The number of hydrogen-bond donors (Lipinski definition) is 0. The molecular weight excluding hydrogens is 586 g/mol. The molecule has 2 aromatic carbocycles. The minimum atomic E-state index is -0.799. The third-order valence-electron chi connectivity index (χ3n) is 9.36. The third kappa shape index (κ3) is 7.60. The maximum Gasteiger partial charge on any atom is 0.161 e. The SMILES string of the molecule is COc1ccc(C)c(-c2c(C(C)C)cc(C(C)C)cc2C(C)C)c1[PH+](C1CCCCC1)C1CCCCC1.[CH3-].[Pd]. The summed E-state index contributed by atoms with van der Waals surface area (Å²) in [5, 5.41) is 1.66. The molecule has 0 amide bonds. The first kappa shape index (κ1) is 34.5. The van der Waals surface area contributed by atoms with Gasteiger partial charge in [-0.15, -0.1) is 0 Å². The first-order valence-electron chi connectivity index (χ1n) is 15.5. The van der Waals surface area contributed by atoms with Gasteiger partial charge < -0.3 is 12.2 Å². The molecule has 2 aliphatic rings. The standard InChI is InChI=1S/C35H53OP.CH3.Pd/c1-23(2)27-21-30(24(3)4)34(31(22-27)25(5)6)33-26(7)19-20-32(36-8)35(33)37(28-15-11-9-12-16-28)29-17-13-10-14-18-29;;/h19-25,28-29H,9-18H2,1-8H3;1H3;/q;-1;/p+1. The molecule has 2 saturated carbocycles. The number of benzene rings is 2. The van der Waals surface area contributed by atoms with Crippen molar-refractivity contribution in [2.45, 2.75) is 142 Å². The number of aryl methyl sites for hydroxylation is 1. The predicted molar refractivity (Wildman–Crippen MR) is 174 cm³/mol. The van der Waals surface area contributed by atoms with Crippen LogP contribution in [-0.4, -0.2) is 18.4 Å². The van der Waals surface area contributed by atoms with Gasteiger partial charge in [0.25, 0.3) is 0 Å². The van der Waals surface area contributed by atoms with Crippen LogP contribution in [0.5, 0.6) is 5.75 Å². The monoisotopic (exact) mass is 642 g/mol. The van der Waals surface area contributed by atoms with Crippen LogP contribution in [0.1, 0.15) is 146 Å². The molecule has 0 bridgehead atoms. The van der Waals surface area contributed by atoms with Crippen LogP contribution >= 0.6 is 7.92 Å². The van der Waals surface area contributed by atoms with E-state index in [1.807, 2.05) is 7.11 Å². The van der Waals surface area contributed by atoms with Crippen molar-refractivity contribution in [2.24, 2.45) is 0 Å². The van der Waals surface area contributed by atoms with Crippen molar-refractivity contribution in [3.05, 3.63) is 53.9 Å². The minimum absolute atomic E-state index is 0. The van der Waals surface area contributed by atoms with Gasteiger partial charge >= 0.3 is 0 Å². The number of hydrogen-bond acceptors (Lipinski definition) is 1. The van der Waals surface area contributed by atoms with E-state index >= 15 is 0 Å². The second kappa shape index (κ2) is 15.5. The molecule has 0 saturated heterocycles. The zero-order valence-corrected chi connectivity index (χ0v) is 29.0. The van der Waals surface area contributed by atoms with Crippen LogP contribution in [0.25, 0.3) is 11.1 Å². The van der Waals surface area contributed by atoms with Crippen LogP contribution in [0.15, 0.2) is 24.3 Å². The zero-order valence-electron chi connectivity index (χ0n) is 26.5.